The highest BCUT2D eigenvalue weighted by Crippen LogP contribution is 2.21. The predicted molar refractivity (Wildman–Crippen MR) is 82.8 cm³/mol. The van der Waals surface area contributed by atoms with Gasteiger partial charge in [-0.2, -0.15) is 0 Å². The fourth-order valence-electron chi connectivity index (χ4n) is 1.93. The Kier molecular flexibility index (Phi) is 5.62. The van der Waals surface area contributed by atoms with Crippen LogP contribution in [0.2, 0.25) is 10.0 Å². The minimum absolute atomic E-state index is 0.211. The van der Waals surface area contributed by atoms with Crippen LogP contribution in [0.3, 0.4) is 0 Å². The number of hydrogen-bond donors (Lipinski definition) is 1. The predicted octanol–water partition coefficient (Wildman–Crippen LogP) is 4.21. The van der Waals surface area contributed by atoms with Crippen LogP contribution in [0.5, 0.6) is 0 Å². The lowest BCUT2D eigenvalue weighted by Crippen LogP contribution is -2.26. The third-order valence-corrected chi connectivity index (χ3v) is 3.35. The Hall–Kier alpha value is -1.55. The van der Waals surface area contributed by atoms with Gasteiger partial charge in [0.15, 0.2) is 6.10 Å². The zero-order chi connectivity index (χ0) is 15.2. The van der Waals surface area contributed by atoms with Crippen LogP contribution in [0.4, 0.5) is 0 Å². The van der Waals surface area contributed by atoms with E-state index >= 15 is 0 Å². The lowest BCUT2D eigenvalue weighted by molar-refractivity contribution is -0.151. The molecule has 3 nitrogen and oxygen atoms in total. The van der Waals surface area contributed by atoms with Gasteiger partial charge in [0.2, 0.25) is 0 Å². The standard InChI is InChI=1S/C16H14Cl2O3/c17-13-6-12(7-14(18)9-13)8-15(16(19)20)21-10-11-4-2-1-3-5-11/h1-7,9,15H,8,10H2,(H,19,20)/t15-/m0/s1. The topological polar surface area (TPSA) is 46.5 Å². The van der Waals surface area contributed by atoms with E-state index < -0.39 is 12.1 Å². The molecule has 21 heavy (non-hydrogen) atoms. The molecule has 5 heteroatoms. The highest BCUT2D eigenvalue weighted by molar-refractivity contribution is 6.34. The lowest BCUT2D eigenvalue weighted by Gasteiger charge is -2.14. The minimum atomic E-state index is -1.01. The van der Waals surface area contributed by atoms with Crippen molar-refractivity contribution in [3.8, 4) is 0 Å². The first kappa shape index (κ1) is 15.8. The summed E-state index contributed by atoms with van der Waals surface area (Å²) in [5, 5.41) is 10.2. The normalized spacial score (nSPS) is 12.1. The summed E-state index contributed by atoms with van der Waals surface area (Å²) in [5.41, 5.74) is 1.65. The van der Waals surface area contributed by atoms with E-state index in [1.165, 1.54) is 0 Å². The van der Waals surface area contributed by atoms with Gasteiger partial charge in [-0.05, 0) is 29.3 Å². The number of benzene rings is 2. The van der Waals surface area contributed by atoms with Crippen LogP contribution in [-0.2, 0) is 22.6 Å². The highest BCUT2D eigenvalue weighted by atomic mass is 35.5. The average Bonchev–Trinajstić information content (AvgIpc) is 2.43. The molecule has 1 N–H and O–H groups in total. The molecule has 2 rings (SSSR count). The second kappa shape index (κ2) is 7.46. The monoisotopic (exact) mass is 324 g/mol. The van der Waals surface area contributed by atoms with Crippen molar-refractivity contribution >= 4 is 29.2 Å². The van der Waals surface area contributed by atoms with Gasteiger partial charge in [0.25, 0.3) is 0 Å². The van der Waals surface area contributed by atoms with Gasteiger partial charge in [0.1, 0.15) is 0 Å². The van der Waals surface area contributed by atoms with Crippen LogP contribution >= 0.6 is 23.2 Å². The third kappa shape index (κ3) is 5.05. The lowest BCUT2D eigenvalue weighted by atomic mass is 10.1. The molecule has 0 aliphatic rings. The van der Waals surface area contributed by atoms with Crippen LogP contribution in [-0.4, -0.2) is 17.2 Å². The highest BCUT2D eigenvalue weighted by Gasteiger charge is 2.19. The van der Waals surface area contributed by atoms with E-state index in [4.69, 9.17) is 27.9 Å². The first-order valence-corrected chi connectivity index (χ1v) is 7.13. The number of ether oxygens (including phenoxy) is 1. The van der Waals surface area contributed by atoms with Crippen LogP contribution in [0.25, 0.3) is 0 Å². The summed E-state index contributed by atoms with van der Waals surface area (Å²) in [4.78, 5) is 11.3. The summed E-state index contributed by atoms with van der Waals surface area (Å²) >= 11 is 11.8. The molecule has 0 unspecified atom stereocenters. The maximum Gasteiger partial charge on any atom is 0.333 e. The molecule has 0 amide bonds. The van der Waals surface area contributed by atoms with E-state index in [1.807, 2.05) is 30.3 Å². The number of aliphatic carboxylic acids is 1. The van der Waals surface area contributed by atoms with Crippen molar-refractivity contribution in [1.29, 1.82) is 0 Å². The quantitative estimate of drug-likeness (QED) is 0.865. The van der Waals surface area contributed by atoms with Crippen molar-refractivity contribution in [3.05, 3.63) is 69.7 Å². The summed E-state index contributed by atoms with van der Waals surface area (Å²) < 4.78 is 5.49. The molecule has 0 fully saturated rings. The molecule has 1 atom stereocenters. The molecule has 0 aliphatic heterocycles. The van der Waals surface area contributed by atoms with Crippen molar-refractivity contribution in [2.75, 3.05) is 0 Å². The molecular weight excluding hydrogens is 311 g/mol. The maximum absolute atomic E-state index is 11.3. The van der Waals surface area contributed by atoms with Crippen molar-refractivity contribution in [3.63, 3.8) is 0 Å². The van der Waals surface area contributed by atoms with Gasteiger partial charge in [0, 0.05) is 16.5 Å². The van der Waals surface area contributed by atoms with Gasteiger partial charge in [-0.15, -0.1) is 0 Å². The van der Waals surface area contributed by atoms with Gasteiger partial charge >= 0.3 is 5.97 Å². The molecule has 0 saturated carbocycles. The largest absolute Gasteiger partial charge is 0.479 e. The third-order valence-electron chi connectivity index (χ3n) is 2.91. The summed E-state index contributed by atoms with van der Waals surface area (Å²) in [6.07, 6.45) is -0.734. The van der Waals surface area contributed by atoms with Gasteiger partial charge in [-0.25, -0.2) is 4.79 Å². The van der Waals surface area contributed by atoms with Crippen LogP contribution in [0.15, 0.2) is 48.5 Å². The van der Waals surface area contributed by atoms with Crippen molar-refractivity contribution in [1.82, 2.24) is 0 Å². The van der Waals surface area contributed by atoms with Gasteiger partial charge in [0.05, 0.1) is 6.61 Å². The smallest absolute Gasteiger partial charge is 0.333 e. The fraction of sp³-hybridized carbons (Fsp3) is 0.188. The zero-order valence-electron chi connectivity index (χ0n) is 11.1. The van der Waals surface area contributed by atoms with Crippen LogP contribution in [0.1, 0.15) is 11.1 Å². The first-order valence-electron chi connectivity index (χ1n) is 6.38. The summed E-state index contributed by atoms with van der Waals surface area (Å²) in [6.45, 7) is 0.242. The number of halogens is 2. The second-order valence-electron chi connectivity index (χ2n) is 4.61. The van der Waals surface area contributed by atoms with E-state index in [1.54, 1.807) is 18.2 Å². The Bertz CT molecular complexity index is 594. The summed E-state index contributed by atoms with van der Waals surface area (Å²) in [7, 11) is 0. The van der Waals surface area contributed by atoms with Crippen molar-refractivity contribution in [2.24, 2.45) is 0 Å². The number of carbonyl (C=O) groups is 1. The number of hydrogen-bond acceptors (Lipinski definition) is 2. The van der Waals surface area contributed by atoms with E-state index in [-0.39, 0.29) is 13.0 Å². The van der Waals surface area contributed by atoms with Crippen molar-refractivity contribution in [2.45, 2.75) is 19.1 Å². The van der Waals surface area contributed by atoms with E-state index in [9.17, 15) is 9.90 Å². The van der Waals surface area contributed by atoms with Crippen LogP contribution in [0, 0.1) is 0 Å². The Morgan fingerprint density at radius 3 is 2.24 bits per heavy atom. The van der Waals surface area contributed by atoms with E-state index in [0.29, 0.717) is 10.0 Å². The molecule has 0 aliphatic carbocycles. The maximum atomic E-state index is 11.3. The van der Waals surface area contributed by atoms with Crippen molar-refractivity contribution < 1.29 is 14.6 Å². The molecule has 2 aromatic carbocycles. The number of carboxylic acid groups (broad SMARTS) is 1. The Morgan fingerprint density at radius 2 is 1.67 bits per heavy atom. The molecule has 2 aromatic rings. The molecule has 0 aromatic heterocycles. The van der Waals surface area contributed by atoms with E-state index in [2.05, 4.69) is 0 Å². The average molecular weight is 325 g/mol. The Labute approximate surface area is 133 Å². The number of rotatable bonds is 6. The zero-order valence-corrected chi connectivity index (χ0v) is 12.6. The van der Waals surface area contributed by atoms with E-state index in [0.717, 1.165) is 11.1 Å². The Morgan fingerprint density at radius 1 is 1.05 bits per heavy atom. The van der Waals surface area contributed by atoms with Gasteiger partial charge in [-0.1, -0.05) is 53.5 Å². The first-order chi connectivity index (χ1) is 10.0. The molecule has 0 saturated heterocycles. The summed E-state index contributed by atoms with van der Waals surface area (Å²) in [5.74, 6) is -1.01. The Balaban J connectivity index is 2.03. The summed E-state index contributed by atoms with van der Waals surface area (Å²) in [6, 6.07) is 14.4. The van der Waals surface area contributed by atoms with Gasteiger partial charge in [-0.3, -0.25) is 0 Å². The fourth-order valence-corrected chi connectivity index (χ4v) is 2.50. The van der Waals surface area contributed by atoms with Crippen LogP contribution < -0.4 is 0 Å². The molecule has 110 valence electrons. The van der Waals surface area contributed by atoms with Gasteiger partial charge < -0.3 is 9.84 Å². The molecule has 0 heterocycles. The molecular formula is C16H14Cl2O3. The molecule has 0 bridgehead atoms. The minimum Gasteiger partial charge on any atom is -0.479 e. The molecule has 0 spiro atoms. The number of carboxylic acids is 1. The SMILES string of the molecule is O=C(O)[C@H](Cc1cc(Cl)cc(Cl)c1)OCc1ccccc1. The second-order valence-corrected chi connectivity index (χ2v) is 5.48. The molecule has 0 radical (unpaired) electrons.